The summed E-state index contributed by atoms with van der Waals surface area (Å²) in [4.78, 5) is 34.4. The Morgan fingerprint density at radius 3 is 2.36 bits per heavy atom. The lowest BCUT2D eigenvalue weighted by Crippen LogP contribution is -2.39. The second-order valence-electron chi connectivity index (χ2n) is 5.33. The van der Waals surface area contributed by atoms with Gasteiger partial charge in [-0.1, -0.05) is 0 Å². The van der Waals surface area contributed by atoms with Gasteiger partial charge in [-0.05, 0) is 6.07 Å². The molecule has 1 aliphatic rings. The number of carbonyl (C=O) groups is 2. The van der Waals surface area contributed by atoms with Crippen molar-refractivity contribution >= 4 is 23.3 Å². The molecule has 10 nitrogen and oxygen atoms in total. The second-order valence-corrected chi connectivity index (χ2v) is 5.33. The number of carbonyl (C=O) groups excluding carboxylic acids is 2. The number of nitrogens with zero attached hydrogens (tertiary/aromatic N) is 2. The zero-order chi connectivity index (χ0) is 21.2. The fraction of sp³-hybridized carbons (Fsp3) is 0.333. The van der Waals surface area contributed by atoms with Crippen LogP contribution in [0, 0.1) is 10.1 Å². The SMILES string of the molecule is COC(=O)C1=C(C(=O)OC)N(c2cc(C(F)(F)F)c([N+](=O)[O-])cc2O)COC1. The van der Waals surface area contributed by atoms with E-state index in [4.69, 9.17) is 4.74 Å². The van der Waals surface area contributed by atoms with Crippen LogP contribution in [0.5, 0.6) is 5.75 Å². The smallest absolute Gasteiger partial charge is 0.423 e. The highest BCUT2D eigenvalue weighted by atomic mass is 19.4. The van der Waals surface area contributed by atoms with E-state index >= 15 is 0 Å². The van der Waals surface area contributed by atoms with E-state index in [0.29, 0.717) is 6.07 Å². The number of ether oxygens (including phenoxy) is 3. The second kappa shape index (κ2) is 7.72. The largest absolute Gasteiger partial charge is 0.505 e. The van der Waals surface area contributed by atoms with Crippen LogP contribution >= 0.6 is 0 Å². The summed E-state index contributed by atoms with van der Waals surface area (Å²) in [5.41, 5.74) is -4.60. The van der Waals surface area contributed by atoms with Gasteiger partial charge in [0.2, 0.25) is 0 Å². The number of rotatable bonds is 4. The number of phenolic OH excluding ortho intramolecular Hbond substituents is 1. The van der Waals surface area contributed by atoms with Gasteiger partial charge in [-0.3, -0.25) is 10.1 Å². The molecule has 0 fully saturated rings. The number of phenols is 1. The maximum atomic E-state index is 13.3. The molecule has 1 heterocycles. The van der Waals surface area contributed by atoms with Crippen LogP contribution in [-0.4, -0.2) is 49.5 Å². The molecule has 0 aromatic heterocycles. The quantitative estimate of drug-likeness (QED) is 0.451. The van der Waals surface area contributed by atoms with E-state index in [1.807, 2.05) is 0 Å². The summed E-state index contributed by atoms with van der Waals surface area (Å²) in [5.74, 6) is -3.08. The predicted octanol–water partition coefficient (Wildman–Crippen LogP) is 1.71. The van der Waals surface area contributed by atoms with Gasteiger partial charge in [-0.2, -0.15) is 13.2 Å². The molecule has 28 heavy (non-hydrogen) atoms. The van der Waals surface area contributed by atoms with Crippen LogP contribution in [0.4, 0.5) is 24.5 Å². The van der Waals surface area contributed by atoms with E-state index in [1.54, 1.807) is 0 Å². The van der Waals surface area contributed by atoms with Gasteiger partial charge in [0.25, 0.3) is 5.69 Å². The first-order valence-electron chi connectivity index (χ1n) is 7.36. The average Bonchev–Trinajstić information content (AvgIpc) is 2.64. The van der Waals surface area contributed by atoms with Crippen LogP contribution in [0.3, 0.4) is 0 Å². The molecule has 0 unspecified atom stereocenters. The normalized spacial score (nSPS) is 14.7. The zero-order valence-corrected chi connectivity index (χ0v) is 14.4. The maximum absolute atomic E-state index is 13.3. The third-order valence-corrected chi connectivity index (χ3v) is 3.72. The van der Waals surface area contributed by atoms with Crippen LogP contribution < -0.4 is 4.90 Å². The first-order chi connectivity index (χ1) is 13.0. The van der Waals surface area contributed by atoms with Crippen LogP contribution in [0.2, 0.25) is 0 Å². The van der Waals surface area contributed by atoms with Gasteiger partial charge in [0, 0.05) is 0 Å². The highest BCUT2D eigenvalue weighted by Crippen LogP contribution is 2.44. The van der Waals surface area contributed by atoms with Gasteiger partial charge in [0.15, 0.2) is 0 Å². The van der Waals surface area contributed by atoms with E-state index in [1.165, 1.54) is 0 Å². The Hall–Kier alpha value is -3.35. The fourth-order valence-electron chi connectivity index (χ4n) is 2.49. The molecule has 0 amide bonds. The van der Waals surface area contributed by atoms with Gasteiger partial charge >= 0.3 is 18.1 Å². The summed E-state index contributed by atoms with van der Waals surface area (Å²) in [6.07, 6.45) is -5.14. The number of benzene rings is 1. The minimum Gasteiger partial charge on any atom is -0.505 e. The molecule has 1 aromatic carbocycles. The lowest BCUT2D eigenvalue weighted by atomic mass is 10.1. The molecule has 0 saturated carbocycles. The molecule has 0 aliphatic carbocycles. The van der Waals surface area contributed by atoms with Crippen molar-refractivity contribution in [2.75, 3.05) is 32.5 Å². The van der Waals surface area contributed by atoms with Gasteiger partial charge in [0.05, 0.1) is 43.1 Å². The summed E-state index contributed by atoms with van der Waals surface area (Å²) >= 11 is 0. The molecule has 1 aromatic rings. The third kappa shape index (κ3) is 3.83. The molecular formula is C15H13F3N2O8. The van der Waals surface area contributed by atoms with Crippen molar-refractivity contribution < 1.29 is 47.0 Å². The third-order valence-electron chi connectivity index (χ3n) is 3.72. The number of nitro benzene ring substituents is 1. The van der Waals surface area contributed by atoms with Gasteiger partial charge in [-0.15, -0.1) is 0 Å². The maximum Gasteiger partial charge on any atom is 0.423 e. The lowest BCUT2D eigenvalue weighted by Gasteiger charge is -2.31. The van der Waals surface area contributed by atoms with Crippen LogP contribution in [0.15, 0.2) is 23.4 Å². The van der Waals surface area contributed by atoms with Crippen LogP contribution in [-0.2, 0) is 30.0 Å². The minimum atomic E-state index is -5.14. The van der Waals surface area contributed by atoms with Crippen molar-refractivity contribution in [1.82, 2.24) is 0 Å². The summed E-state index contributed by atoms with van der Waals surface area (Å²) in [5, 5.41) is 21.0. The number of hydrogen-bond donors (Lipinski definition) is 1. The monoisotopic (exact) mass is 406 g/mol. The Morgan fingerprint density at radius 2 is 1.86 bits per heavy atom. The molecule has 0 bridgehead atoms. The van der Waals surface area contributed by atoms with Crippen molar-refractivity contribution in [3.63, 3.8) is 0 Å². The van der Waals surface area contributed by atoms with Crippen molar-refractivity contribution in [3.05, 3.63) is 39.1 Å². The molecule has 2 rings (SSSR count). The molecule has 0 saturated heterocycles. The molecule has 1 aliphatic heterocycles. The van der Waals surface area contributed by atoms with Crippen LogP contribution in [0.1, 0.15) is 5.56 Å². The average molecular weight is 406 g/mol. The number of methoxy groups -OCH3 is 2. The van der Waals surface area contributed by atoms with E-state index < -0.39 is 64.8 Å². The van der Waals surface area contributed by atoms with E-state index in [2.05, 4.69) is 9.47 Å². The fourth-order valence-corrected chi connectivity index (χ4v) is 2.49. The van der Waals surface area contributed by atoms with Gasteiger partial charge in [-0.25, -0.2) is 9.59 Å². The Balaban J connectivity index is 2.75. The number of anilines is 1. The Kier molecular flexibility index (Phi) is 5.78. The highest BCUT2D eigenvalue weighted by Gasteiger charge is 2.41. The Labute approximate surface area is 154 Å². The summed E-state index contributed by atoms with van der Waals surface area (Å²) < 4.78 is 53.9. The molecular weight excluding hydrogens is 393 g/mol. The van der Waals surface area contributed by atoms with Crippen molar-refractivity contribution in [1.29, 1.82) is 0 Å². The van der Waals surface area contributed by atoms with Crippen LogP contribution in [0.25, 0.3) is 0 Å². The van der Waals surface area contributed by atoms with Gasteiger partial charge in [0.1, 0.15) is 23.7 Å². The number of nitro groups is 1. The standard InChI is InChI=1S/C15H13F3N2O8/c1-26-13(22)7-5-28-6-19(12(7)14(23)27-2)10-3-8(15(16,17)18)9(20(24)25)4-11(10)21/h3-4,21H,5-6H2,1-2H3. The predicted molar refractivity (Wildman–Crippen MR) is 84.1 cm³/mol. The molecule has 152 valence electrons. The Bertz CT molecular complexity index is 866. The topological polar surface area (TPSA) is 128 Å². The first-order valence-corrected chi connectivity index (χ1v) is 7.36. The number of hydrogen-bond acceptors (Lipinski definition) is 9. The van der Waals surface area contributed by atoms with E-state index in [9.17, 15) is 38.0 Å². The van der Waals surface area contributed by atoms with Crippen molar-refractivity contribution in [3.8, 4) is 5.75 Å². The minimum absolute atomic E-state index is 0.278. The number of aromatic hydroxyl groups is 1. The first kappa shape index (κ1) is 21.0. The van der Waals surface area contributed by atoms with E-state index in [-0.39, 0.29) is 11.6 Å². The molecule has 0 spiro atoms. The Morgan fingerprint density at radius 1 is 1.25 bits per heavy atom. The molecule has 1 N–H and O–H groups in total. The molecule has 0 radical (unpaired) electrons. The van der Waals surface area contributed by atoms with Gasteiger partial charge < -0.3 is 24.2 Å². The van der Waals surface area contributed by atoms with Crippen molar-refractivity contribution in [2.45, 2.75) is 6.18 Å². The summed E-state index contributed by atoms with van der Waals surface area (Å²) in [6.45, 7) is -0.957. The molecule has 0 atom stereocenters. The summed E-state index contributed by atoms with van der Waals surface area (Å²) in [6, 6.07) is 0.569. The molecule has 13 heteroatoms. The number of esters is 2. The number of halogens is 3. The van der Waals surface area contributed by atoms with Crippen molar-refractivity contribution in [2.24, 2.45) is 0 Å². The lowest BCUT2D eigenvalue weighted by molar-refractivity contribution is -0.388. The van der Waals surface area contributed by atoms with E-state index in [0.717, 1.165) is 19.1 Å². The zero-order valence-electron chi connectivity index (χ0n) is 14.4. The number of alkyl halides is 3. The summed E-state index contributed by atoms with van der Waals surface area (Å²) in [7, 11) is 1.98. The highest BCUT2D eigenvalue weighted by molar-refractivity contribution is 6.03.